The van der Waals surface area contributed by atoms with E-state index >= 15 is 0 Å². The van der Waals surface area contributed by atoms with Crippen LogP contribution >= 0.6 is 11.8 Å². The Morgan fingerprint density at radius 1 is 1.36 bits per heavy atom. The van der Waals surface area contributed by atoms with Crippen LogP contribution in [0.15, 0.2) is 12.7 Å². The number of hydrogen-bond donors (Lipinski definition) is 1. The largest absolute Gasteiger partial charge is 0.313 e. The summed E-state index contributed by atoms with van der Waals surface area (Å²) in [6.07, 6.45) is 6.90. The maximum absolute atomic E-state index is 3.77. The standard InChI is InChI=1S/C12H25NS/c1-4-7-8-12(13-9-5-2)11-14-10-6-3/h4,12-13H,1,5-11H2,2-3H3. The number of thioether (sulfide) groups is 1. The second-order valence-corrected chi connectivity index (χ2v) is 4.74. The smallest absolute Gasteiger partial charge is 0.0161 e. The van der Waals surface area contributed by atoms with Gasteiger partial charge in [0.1, 0.15) is 0 Å². The summed E-state index contributed by atoms with van der Waals surface area (Å²) < 4.78 is 0. The first-order valence-electron chi connectivity index (χ1n) is 5.77. The minimum absolute atomic E-state index is 0.685. The van der Waals surface area contributed by atoms with Gasteiger partial charge in [-0.25, -0.2) is 0 Å². The normalized spacial score (nSPS) is 12.7. The van der Waals surface area contributed by atoms with Gasteiger partial charge >= 0.3 is 0 Å². The molecule has 0 amide bonds. The second-order valence-electron chi connectivity index (χ2n) is 3.59. The molecular weight excluding hydrogens is 190 g/mol. The maximum Gasteiger partial charge on any atom is 0.0161 e. The number of nitrogens with one attached hydrogen (secondary N) is 1. The molecule has 0 aromatic rings. The lowest BCUT2D eigenvalue weighted by Crippen LogP contribution is -2.31. The molecule has 0 bridgehead atoms. The minimum Gasteiger partial charge on any atom is -0.313 e. The predicted molar refractivity (Wildman–Crippen MR) is 69.1 cm³/mol. The van der Waals surface area contributed by atoms with Gasteiger partial charge in [0.2, 0.25) is 0 Å². The van der Waals surface area contributed by atoms with Crippen molar-refractivity contribution in [2.75, 3.05) is 18.1 Å². The van der Waals surface area contributed by atoms with Crippen LogP contribution in [0.25, 0.3) is 0 Å². The Labute approximate surface area is 93.7 Å². The highest BCUT2D eigenvalue weighted by atomic mass is 32.2. The fraction of sp³-hybridized carbons (Fsp3) is 0.833. The summed E-state index contributed by atoms with van der Waals surface area (Å²) in [5.74, 6) is 2.54. The van der Waals surface area contributed by atoms with Crippen molar-refractivity contribution in [3.8, 4) is 0 Å². The predicted octanol–water partition coefficient (Wildman–Crippen LogP) is 3.46. The van der Waals surface area contributed by atoms with E-state index in [1.807, 2.05) is 6.08 Å². The zero-order valence-electron chi connectivity index (χ0n) is 9.72. The van der Waals surface area contributed by atoms with Gasteiger partial charge in [0.15, 0.2) is 0 Å². The highest BCUT2D eigenvalue weighted by Crippen LogP contribution is 2.09. The molecule has 0 heterocycles. The van der Waals surface area contributed by atoms with Crippen molar-refractivity contribution < 1.29 is 0 Å². The monoisotopic (exact) mass is 215 g/mol. The van der Waals surface area contributed by atoms with Crippen LogP contribution in [0.4, 0.5) is 0 Å². The summed E-state index contributed by atoms with van der Waals surface area (Å²) in [7, 11) is 0. The van der Waals surface area contributed by atoms with Crippen molar-refractivity contribution in [1.29, 1.82) is 0 Å². The Morgan fingerprint density at radius 3 is 2.71 bits per heavy atom. The zero-order chi connectivity index (χ0) is 10.6. The molecule has 0 saturated heterocycles. The Morgan fingerprint density at radius 2 is 2.14 bits per heavy atom. The van der Waals surface area contributed by atoms with Gasteiger partial charge in [-0.15, -0.1) is 6.58 Å². The highest BCUT2D eigenvalue weighted by Gasteiger charge is 2.05. The van der Waals surface area contributed by atoms with Gasteiger partial charge in [-0.1, -0.05) is 19.9 Å². The van der Waals surface area contributed by atoms with Crippen LogP contribution in [-0.4, -0.2) is 24.1 Å². The molecule has 0 aliphatic heterocycles. The van der Waals surface area contributed by atoms with Crippen molar-refractivity contribution in [3.05, 3.63) is 12.7 Å². The maximum atomic E-state index is 3.77. The lowest BCUT2D eigenvalue weighted by atomic mass is 10.2. The lowest BCUT2D eigenvalue weighted by Gasteiger charge is -2.17. The number of rotatable bonds is 10. The molecule has 1 atom stereocenters. The van der Waals surface area contributed by atoms with Crippen molar-refractivity contribution in [1.82, 2.24) is 5.32 Å². The van der Waals surface area contributed by atoms with E-state index in [-0.39, 0.29) is 0 Å². The van der Waals surface area contributed by atoms with Gasteiger partial charge in [0, 0.05) is 11.8 Å². The molecule has 0 radical (unpaired) electrons. The second kappa shape index (κ2) is 11.1. The molecule has 0 aliphatic rings. The van der Waals surface area contributed by atoms with E-state index < -0.39 is 0 Å². The first-order valence-corrected chi connectivity index (χ1v) is 6.92. The first kappa shape index (κ1) is 14.1. The van der Waals surface area contributed by atoms with Gasteiger partial charge in [-0.05, 0) is 38.0 Å². The van der Waals surface area contributed by atoms with Crippen LogP contribution < -0.4 is 5.32 Å². The summed E-state index contributed by atoms with van der Waals surface area (Å²) in [6, 6.07) is 0.685. The topological polar surface area (TPSA) is 12.0 Å². The van der Waals surface area contributed by atoms with Crippen LogP contribution in [0.5, 0.6) is 0 Å². The van der Waals surface area contributed by atoms with Crippen LogP contribution in [0, 0.1) is 0 Å². The van der Waals surface area contributed by atoms with Crippen molar-refractivity contribution in [2.24, 2.45) is 0 Å². The fourth-order valence-corrected chi connectivity index (χ4v) is 2.31. The highest BCUT2D eigenvalue weighted by molar-refractivity contribution is 7.99. The molecule has 0 aliphatic carbocycles. The Hall–Kier alpha value is 0.0500. The summed E-state index contributed by atoms with van der Waals surface area (Å²) in [4.78, 5) is 0. The Balaban J connectivity index is 3.54. The lowest BCUT2D eigenvalue weighted by molar-refractivity contribution is 0.524. The van der Waals surface area contributed by atoms with E-state index in [1.165, 1.54) is 30.8 Å². The van der Waals surface area contributed by atoms with Gasteiger partial charge < -0.3 is 5.32 Å². The summed E-state index contributed by atoms with van der Waals surface area (Å²) in [5, 5.41) is 3.59. The van der Waals surface area contributed by atoms with Gasteiger partial charge in [-0.2, -0.15) is 11.8 Å². The Kier molecular flexibility index (Phi) is 11.2. The molecule has 1 nitrogen and oxygen atoms in total. The average Bonchev–Trinajstić information content (AvgIpc) is 2.21. The quantitative estimate of drug-likeness (QED) is 0.442. The molecule has 0 spiro atoms. The molecular formula is C12H25NS. The van der Waals surface area contributed by atoms with Crippen molar-refractivity contribution in [3.63, 3.8) is 0 Å². The molecule has 84 valence electrons. The molecule has 0 aromatic carbocycles. The average molecular weight is 215 g/mol. The van der Waals surface area contributed by atoms with E-state index in [0.717, 1.165) is 13.0 Å². The first-order chi connectivity index (χ1) is 6.85. The van der Waals surface area contributed by atoms with Gasteiger partial charge in [0.25, 0.3) is 0 Å². The molecule has 0 fully saturated rings. The third-order valence-corrected chi connectivity index (χ3v) is 3.40. The molecule has 2 heteroatoms. The van der Waals surface area contributed by atoms with Crippen LogP contribution in [0.2, 0.25) is 0 Å². The molecule has 0 saturated carbocycles. The molecule has 0 rings (SSSR count). The van der Waals surface area contributed by atoms with Crippen LogP contribution in [0.3, 0.4) is 0 Å². The van der Waals surface area contributed by atoms with E-state index in [4.69, 9.17) is 0 Å². The van der Waals surface area contributed by atoms with E-state index in [0.29, 0.717) is 6.04 Å². The minimum atomic E-state index is 0.685. The molecule has 14 heavy (non-hydrogen) atoms. The summed E-state index contributed by atoms with van der Waals surface area (Å²) >= 11 is 2.07. The van der Waals surface area contributed by atoms with Crippen molar-refractivity contribution >= 4 is 11.8 Å². The van der Waals surface area contributed by atoms with Crippen molar-refractivity contribution in [2.45, 2.75) is 45.6 Å². The van der Waals surface area contributed by atoms with Gasteiger partial charge in [-0.3, -0.25) is 0 Å². The zero-order valence-corrected chi connectivity index (χ0v) is 10.5. The Bertz CT molecular complexity index is 125. The van der Waals surface area contributed by atoms with Crippen LogP contribution in [0.1, 0.15) is 39.5 Å². The molecule has 0 aromatic heterocycles. The van der Waals surface area contributed by atoms with E-state index in [9.17, 15) is 0 Å². The van der Waals surface area contributed by atoms with E-state index in [2.05, 4.69) is 37.5 Å². The third kappa shape index (κ3) is 8.64. The van der Waals surface area contributed by atoms with E-state index in [1.54, 1.807) is 0 Å². The summed E-state index contributed by atoms with van der Waals surface area (Å²) in [5.41, 5.74) is 0. The summed E-state index contributed by atoms with van der Waals surface area (Å²) in [6.45, 7) is 9.38. The number of hydrogen-bond acceptors (Lipinski definition) is 2. The SMILES string of the molecule is C=CCCC(CSCCC)NCCC. The molecule has 1 N–H and O–H groups in total. The van der Waals surface area contributed by atoms with Gasteiger partial charge in [0.05, 0.1) is 0 Å². The van der Waals surface area contributed by atoms with Crippen LogP contribution in [-0.2, 0) is 0 Å². The molecule has 1 unspecified atom stereocenters. The fourth-order valence-electron chi connectivity index (χ4n) is 1.28. The third-order valence-electron chi connectivity index (χ3n) is 2.07. The number of allylic oxidation sites excluding steroid dienone is 1.